The van der Waals surface area contributed by atoms with E-state index in [0.717, 1.165) is 58.4 Å². The van der Waals surface area contributed by atoms with Crippen LogP contribution in [0.1, 0.15) is 25.7 Å². The predicted octanol–water partition coefficient (Wildman–Crippen LogP) is -1.07. The molecule has 0 saturated heterocycles. The fourth-order valence-electron chi connectivity index (χ4n) is 1.29. The smallest absolute Gasteiger partial charge is 0.0546 e. The van der Waals surface area contributed by atoms with Crippen molar-refractivity contribution < 1.29 is 0 Å². The summed E-state index contributed by atoms with van der Waals surface area (Å²) in [6, 6.07) is 0. The van der Waals surface area contributed by atoms with Gasteiger partial charge in [0.1, 0.15) is 0 Å². The van der Waals surface area contributed by atoms with Crippen LogP contribution in [0.4, 0.5) is 0 Å². The van der Waals surface area contributed by atoms with E-state index in [4.69, 9.17) is 17.2 Å². The van der Waals surface area contributed by atoms with Gasteiger partial charge in [0.2, 0.25) is 0 Å². The van der Waals surface area contributed by atoms with Crippen LogP contribution < -0.4 is 27.8 Å². The molecule has 0 aliphatic heterocycles. The monoisotopic (exact) mass is 217 g/mol. The summed E-state index contributed by atoms with van der Waals surface area (Å²) in [4.78, 5) is 0. The quantitative estimate of drug-likeness (QED) is 0.224. The fraction of sp³-hybridized carbons (Fsp3) is 1.00. The molecule has 0 saturated carbocycles. The van der Waals surface area contributed by atoms with Gasteiger partial charge in [-0.2, -0.15) is 0 Å². The van der Waals surface area contributed by atoms with Crippen LogP contribution >= 0.6 is 0 Å². The maximum absolute atomic E-state index is 5.86. The highest BCUT2D eigenvalue weighted by Crippen LogP contribution is 1.90. The van der Waals surface area contributed by atoms with Gasteiger partial charge >= 0.3 is 0 Å². The normalized spacial score (nSPS) is 13.0. The van der Waals surface area contributed by atoms with E-state index in [-0.39, 0.29) is 6.17 Å². The van der Waals surface area contributed by atoms with Crippen LogP contribution in [0.3, 0.4) is 0 Å². The van der Waals surface area contributed by atoms with E-state index in [2.05, 4.69) is 10.6 Å². The molecule has 15 heavy (non-hydrogen) atoms. The van der Waals surface area contributed by atoms with Crippen molar-refractivity contribution in [2.24, 2.45) is 17.2 Å². The van der Waals surface area contributed by atoms with Gasteiger partial charge in [0.25, 0.3) is 0 Å². The second kappa shape index (κ2) is 11.9. The van der Waals surface area contributed by atoms with Crippen molar-refractivity contribution in [1.29, 1.82) is 0 Å². The average molecular weight is 217 g/mol. The largest absolute Gasteiger partial charge is 0.330 e. The van der Waals surface area contributed by atoms with Crippen LogP contribution in [-0.4, -0.2) is 38.9 Å². The first-order chi connectivity index (χ1) is 7.31. The van der Waals surface area contributed by atoms with Gasteiger partial charge in [-0.05, 0) is 58.4 Å². The lowest BCUT2D eigenvalue weighted by molar-refractivity contribution is 0.466. The molecule has 0 aliphatic rings. The molecule has 1 unspecified atom stereocenters. The lowest BCUT2D eigenvalue weighted by Crippen LogP contribution is -2.39. The molecule has 0 radical (unpaired) electrons. The van der Waals surface area contributed by atoms with Crippen molar-refractivity contribution in [1.82, 2.24) is 10.6 Å². The molecule has 0 bridgehead atoms. The minimum absolute atomic E-state index is 0.104. The zero-order valence-corrected chi connectivity index (χ0v) is 9.67. The van der Waals surface area contributed by atoms with Crippen molar-refractivity contribution in [2.75, 3.05) is 32.7 Å². The third kappa shape index (κ3) is 11.7. The zero-order valence-electron chi connectivity index (χ0n) is 9.67. The zero-order chi connectivity index (χ0) is 11.4. The van der Waals surface area contributed by atoms with Crippen molar-refractivity contribution >= 4 is 0 Å². The summed E-state index contributed by atoms with van der Waals surface area (Å²) in [6.45, 7) is 4.42. The molecule has 5 heteroatoms. The number of rotatable bonds is 11. The minimum atomic E-state index is 0.104. The molecular weight excluding hydrogens is 190 g/mol. The van der Waals surface area contributed by atoms with Gasteiger partial charge in [0.05, 0.1) is 6.17 Å². The molecular formula is C10H27N5. The predicted molar refractivity (Wildman–Crippen MR) is 65.4 cm³/mol. The molecule has 0 aromatic rings. The molecule has 92 valence electrons. The van der Waals surface area contributed by atoms with Gasteiger partial charge < -0.3 is 27.8 Å². The highest BCUT2D eigenvalue weighted by molar-refractivity contribution is 4.60. The summed E-state index contributed by atoms with van der Waals surface area (Å²) in [5.41, 5.74) is 16.6. The number of hydrogen-bond acceptors (Lipinski definition) is 5. The molecule has 8 N–H and O–H groups in total. The van der Waals surface area contributed by atoms with Gasteiger partial charge in [-0.1, -0.05) is 0 Å². The molecule has 0 aromatic heterocycles. The maximum atomic E-state index is 5.86. The Kier molecular flexibility index (Phi) is 11.7. The fourth-order valence-corrected chi connectivity index (χ4v) is 1.29. The van der Waals surface area contributed by atoms with Crippen LogP contribution in [0.15, 0.2) is 0 Å². The Labute approximate surface area is 93.1 Å². The van der Waals surface area contributed by atoms with Crippen LogP contribution in [0.2, 0.25) is 0 Å². The molecule has 0 aromatic carbocycles. The standard InChI is InChI=1S/C10H27N5/c11-5-2-8-14-7-1-4-10(13)15-9-3-6-12/h10,14-15H,1-9,11-13H2. The molecule has 0 heterocycles. The summed E-state index contributed by atoms with van der Waals surface area (Å²) < 4.78 is 0. The highest BCUT2D eigenvalue weighted by Gasteiger charge is 1.99. The number of hydrogen-bond donors (Lipinski definition) is 5. The highest BCUT2D eigenvalue weighted by atomic mass is 15.0. The maximum Gasteiger partial charge on any atom is 0.0546 e. The van der Waals surface area contributed by atoms with Gasteiger partial charge in [-0.25, -0.2) is 0 Å². The van der Waals surface area contributed by atoms with Crippen molar-refractivity contribution in [3.63, 3.8) is 0 Å². The lowest BCUT2D eigenvalue weighted by Gasteiger charge is -2.13. The first kappa shape index (κ1) is 14.8. The van der Waals surface area contributed by atoms with Crippen molar-refractivity contribution in [3.8, 4) is 0 Å². The molecule has 1 atom stereocenters. The van der Waals surface area contributed by atoms with Gasteiger partial charge in [0.15, 0.2) is 0 Å². The van der Waals surface area contributed by atoms with Gasteiger partial charge in [-0.3, -0.25) is 0 Å². The summed E-state index contributed by atoms with van der Waals surface area (Å²) >= 11 is 0. The second-order valence-corrected chi connectivity index (χ2v) is 3.74. The topological polar surface area (TPSA) is 102 Å². The van der Waals surface area contributed by atoms with Gasteiger partial charge in [-0.15, -0.1) is 0 Å². The Balaban J connectivity index is 3.06. The lowest BCUT2D eigenvalue weighted by atomic mass is 10.2. The first-order valence-electron chi connectivity index (χ1n) is 5.91. The molecule has 0 spiro atoms. The molecule has 5 nitrogen and oxygen atoms in total. The Morgan fingerprint density at radius 1 is 0.867 bits per heavy atom. The molecule has 0 rings (SSSR count). The molecule has 0 aliphatic carbocycles. The molecule has 0 amide bonds. The van der Waals surface area contributed by atoms with Crippen LogP contribution in [0.5, 0.6) is 0 Å². The number of nitrogens with two attached hydrogens (primary N) is 3. The van der Waals surface area contributed by atoms with E-state index < -0.39 is 0 Å². The van der Waals surface area contributed by atoms with Crippen LogP contribution in [0.25, 0.3) is 0 Å². The van der Waals surface area contributed by atoms with E-state index in [1.54, 1.807) is 0 Å². The van der Waals surface area contributed by atoms with Crippen LogP contribution in [0, 0.1) is 0 Å². The van der Waals surface area contributed by atoms with E-state index in [1.807, 2.05) is 0 Å². The Hall–Kier alpha value is -0.200. The summed E-state index contributed by atoms with van der Waals surface area (Å²) in [6.07, 6.45) is 4.23. The van der Waals surface area contributed by atoms with E-state index in [0.29, 0.717) is 0 Å². The second-order valence-electron chi connectivity index (χ2n) is 3.74. The third-order valence-electron chi connectivity index (χ3n) is 2.21. The van der Waals surface area contributed by atoms with Crippen molar-refractivity contribution in [2.45, 2.75) is 31.8 Å². The minimum Gasteiger partial charge on any atom is -0.330 e. The number of nitrogens with one attached hydrogen (secondary N) is 2. The Bertz CT molecular complexity index is 120. The van der Waals surface area contributed by atoms with E-state index >= 15 is 0 Å². The van der Waals surface area contributed by atoms with E-state index in [9.17, 15) is 0 Å². The average Bonchev–Trinajstić information content (AvgIpc) is 2.23. The summed E-state index contributed by atoms with van der Waals surface area (Å²) in [5.74, 6) is 0. The summed E-state index contributed by atoms with van der Waals surface area (Å²) in [7, 11) is 0. The van der Waals surface area contributed by atoms with Gasteiger partial charge in [0, 0.05) is 0 Å². The Morgan fingerprint density at radius 2 is 1.47 bits per heavy atom. The molecule has 0 fully saturated rings. The summed E-state index contributed by atoms with van der Waals surface area (Å²) in [5, 5.41) is 6.56. The third-order valence-corrected chi connectivity index (χ3v) is 2.21. The first-order valence-corrected chi connectivity index (χ1v) is 5.91. The Morgan fingerprint density at radius 3 is 2.13 bits per heavy atom. The van der Waals surface area contributed by atoms with Crippen molar-refractivity contribution in [3.05, 3.63) is 0 Å². The van der Waals surface area contributed by atoms with E-state index in [1.165, 1.54) is 0 Å². The SMILES string of the molecule is NCCCNCCCC(N)NCCCN. The van der Waals surface area contributed by atoms with Crippen LogP contribution in [-0.2, 0) is 0 Å².